The zero-order chi connectivity index (χ0) is 59.8. The van der Waals surface area contributed by atoms with E-state index in [1.54, 1.807) is 6.08 Å². The van der Waals surface area contributed by atoms with Crippen molar-refractivity contribution in [2.45, 2.75) is 328 Å². The fraction of sp³-hybridized carbons (Fsp3) is 0.658. The van der Waals surface area contributed by atoms with E-state index < -0.39 is 12.1 Å². The van der Waals surface area contributed by atoms with Crippen molar-refractivity contribution in [1.82, 2.24) is 5.32 Å². The number of allylic oxidation sites excluding steroid dienone is 25. The van der Waals surface area contributed by atoms with E-state index in [1.165, 1.54) is 173 Å². The summed E-state index contributed by atoms with van der Waals surface area (Å²) in [5, 5.41) is 23.3. The minimum absolute atomic E-state index is 0.0913. The van der Waals surface area contributed by atoms with Crippen molar-refractivity contribution in [3.63, 3.8) is 0 Å². The number of carbonyl (C=O) groups is 1. The van der Waals surface area contributed by atoms with Gasteiger partial charge in [0.2, 0.25) is 5.91 Å². The third-order valence-electron chi connectivity index (χ3n) is 15.3. The Morgan fingerprint density at radius 2 is 0.530 bits per heavy atom. The van der Waals surface area contributed by atoms with E-state index in [9.17, 15) is 15.0 Å². The third kappa shape index (κ3) is 68.7. The Hall–Kier alpha value is -3.99. The van der Waals surface area contributed by atoms with E-state index in [4.69, 9.17) is 0 Å². The lowest BCUT2D eigenvalue weighted by atomic mass is 10.0. The molecule has 0 fully saturated rings. The van der Waals surface area contributed by atoms with Crippen LogP contribution >= 0.6 is 0 Å². The molecular weight excluding hydrogens is 1010 g/mol. The SMILES string of the molecule is CC/C=C\C/C=C\C/C=C\C/C=C\C/C=C\C/C=C\C/C=C\C/C=C\C/C=C\C/C=C\C/C=C\C/C=C\CCCCCCC(=O)NC(CO)C(O)/C=C/CCCCCCCCCCCCCCCCCCCCCCCCCCCCCC. The van der Waals surface area contributed by atoms with Crippen molar-refractivity contribution >= 4 is 5.91 Å². The van der Waals surface area contributed by atoms with E-state index in [0.29, 0.717) is 6.42 Å². The fourth-order valence-electron chi connectivity index (χ4n) is 9.99. The van der Waals surface area contributed by atoms with E-state index in [-0.39, 0.29) is 12.5 Å². The number of aliphatic hydroxyl groups is 2. The highest BCUT2D eigenvalue weighted by atomic mass is 16.3. The van der Waals surface area contributed by atoms with Crippen molar-refractivity contribution in [2.75, 3.05) is 6.61 Å². The number of hydrogen-bond donors (Lipinski definition) is 3. The van der Waals surface area contributed by atoms with E-state index >= 15 is 0 Å². The highest BCUT2D eigenvalue weighted by Gasteiger charge is 2.18. The van der Waals surface area contributed by atoms with Crippen LogP contribution in [0.5, 0.6) is 0 Å². The maximum absolute atomic E-state index is 12.5. The van der Waals surface area contributed by atoms with Gasteiger partial charge in [-0.25, -0.2) is 0 Å². The Balaban J connectivity index is 3.63. The Kier molecular flexibility index (Phi) is 68.8. The van der Waals surface area contributed by atoms with Crippen molar-refractivity contribution in [3.05, 3.63) is 158 Å². The van der Waals surface area contributed by atoms with Gasteiger partial charge in [-0.1, -0.05) is 358 Å². The number of aliphatic hydroxyl groups excluding tert-OH is 2. The van der Waals surface area contributed by atoms with Gasteiger partial charge in [-0.3, -0.25) is 4.79 Å². The molecule has 1 amide bonds. The summed E-state index contributed by atoms with van der Waals surface area (Å²) >= 11 is 0. The van der Waals surface area contributed by atoms with Crippen molar-refractivity contribution in [2.24, 2.45) is 0 Å². The summed E-state index contributed by atoms with van der Waals surface area (Å²) in [7, 11) is 0. The Morgan fingerprint density at radius 3 is 0.795 bits per heavy atom. The Labute approximate surface area is 516 Å². The summed E-state index contributed by atoms with van der Waals surface area (Å²) in [4.78, 5) is 12.5. The summed E-state index contributed by atoms with van der Waals surface area (Å²) in [6, 6.07) is -0.650. The van der Waals surface area contributed by atoms with Crippen LogP contribution in [0.4, 0.5) is 0 Å². The van der Waals surface area contributed by atoms with Gasteiger partial charge in [0.25, 0.3) is 0 Å². The second-order valence-electron chi connectivity index (χ2n) is 23.2. The molecule has 0 radical (unpaired) electrons. The highest BCUT2D eigenvalue weighted by Crippen LogP contribution is 2.17. The van der Waals surface area contributed by atoms with Gasteiger partial charge >= 0.3 is 0 Å². The summed E-state index contributed by atoms with van der Waals surface area (Å²) in [5.41, 5.74) is 0. The summed E-state index contributed by atoms with van der Waals surface area (Å²) in [6.45, 7) is 4.20. The quantitative estimate of drug-likeness (QED) is 0.0420. The van der Waals surface area contributed by atoms with E-state index in [2.05, 4.69) is 165 Å². The molecule has 83 heavy (non-hydrogen) atoms. The number of rotatable bonds is 63. The topological polar surface area (TPSA) is 69.6 Å². The van der Waals surface area contributed by atoms with Gasteiger partial charge in [-0.2, -0.15) is 0 Å². The van der Waals surface area contributed by atoms with Crippen molar-refractivity contribution in [1.29, 1.82) is 0 Å². The van der Waals surface area contributed by atoms with Crippen LogP contribution in [-0.2, 0) is 4.79 Å². The summed E-state index contributed by atoms with van der Waals surface area (Å²) < 4.78 is 0. The minimum Gasteiger partial charge on any atom is -0.394 e. The fourth-order valence-corrected chi connectivity index (χ4v) is 9.99. The molecule has 0 saturated carbocycles. The molecule has 0 aromatic heterocycles. The summed E-state index contributed by atoms with van der Waals surface area (Å²) in [6.07, 6.45) is 115. The van der Waals surface area contributed by atoms with Gasteiger partial charge in [-0.05, 0) is 109 Å². The molecule has 0 aliphatic rings. The van der Waals surface area contributed by atoms with Gasteiger partial charge < -0.3 is 15.5 Å². The first kappa shape index (κ1) is 79.0. The molecule has 2 unspecified atom stereocenters. The van der Waals surface area contributed by atoms with E-state index in [0.717, 1.165) is 122 Å². The first-order valence-corrected chi connectivity index (χ1v) is 35.2. The van der Waals surface area contributed by atoms with Gasteiger partial charge in [0.1, 0.15) is 0 Å². The molecule has 0 rings (SSSR count). The van der Waals surface area contributed by atoms with Crippen molar-refractivity contribution in [3.8, 4) is 0 Å². The molecular formula is C79H133NO3. The first-order valence-electron chi connectivity index (χ1n) is 35.2. The number of hydrogen-bond acceptors (Lipinski definition) is 3. The first-order chi connectivity index (χ1) is 41.2. The van der Waals surface area contributed by atoms with Crippen LogP contribution < -0.4 is 5.32 Å². The van der Waals surface area contributed by atoms with Crippen LogP contribution in [0.1, 0.15) is 316 Å². The molecule has 4 nitrogen and oxygen atoms in total. The Morgan fingerprint density at radius 1 is 0.301 bits per heavy atom. The lowest BCUT2D eigenvalue weighted by Gasteiger charge is -2.20. The summed E-state index contributed by atoms with van der Waals surface area (Å²) in [5.74, 6) is -0.0913. The van der Waals surface area contributed by atoms with Gasteiger partial charge in [0.15, 0.2) is 0 Å². The third-order valence-corrected chi connectivity index (χ3v) is 15.3. The lowest BCUT2D eigenvalue weighted by molar-refractivity contribution is -0.123. The van der Waals surface area contributed by atoms with Crippen LogP contribution in [0, 0.1) is 0 Å². The maximum Gasteiger partial charge on any atom is 0.220 e. The molecule has 0 saturated heterocycles. The molecule has 4 heteroatoms. The molecule has 0 bridgehead atoms. The average molecular weight is 1140 g/mol. The van der Waals surface area contributed by atoms with Crippen LogP contribution in [0.25, 0.3) is 0 Å². The smallest absolute Gasteiger partial charge is 0.220 e. The normalized spacial score (nSPS) is 13.7. The molecule has 472 valence electrons. The van der Waals surface area contributed by atoms with Crippen molar-refractivity contribution < 1.29 is 15.0 Å². The molecule has 3 N–H and O–H groups in total. The Bertz CT molecular complexity index is 1730. The molecule has 0 aromatic rings. The molecule has 0 aromatic carbocycles. The lowest BCUT2D eigenvalue weighted by Crippen LogP contribution is -2.45. The van der Waals surface area contributed by atoms with Crippen LogP contribution in [0.2, 0.25) is 0 Å². The second-order valence-corrected chi connectivity index (χ2v) is 23.2. The number of carbonyl (C=O) groups excluding carboxylic acids is 1. The molecule has 2 atom stereocenters. The van der Waals surface area contributed by atoms with Crippen LogP contribution in [0.3, 0.4) is 0 Å². The molecule has 0 aliphatic heterocycles. The van der Waals surface area contributed by atoms with Crippen LogP contribution in [-0.4, -0.2) is 34.9 Å². The molecule has 0 heterocycles. The second kappa shape index (κ2) is 72.3. The number of unbranched alkanes of at least 4 members (excludes halogenated alkanes) is 32. The van der Waals surface area contributed by atoms with Gasteiger partial charge in [-0.15, -0.1) is 0 Å². The number of amides is 1. The number of nitrogens with one attached hydrogen (secondary N) is 1. The largest absolute Gasteiger partial charge is 0.394 e. The van der Waals surface area contributed by atoms with Crippen LogP contribution in [0.15, 0.2) is 158 Å². The maximum atomic E-state index is 12.5. The van der Waals surface area contributed by atoms with E-state index in [1.807, 2.05) is 6.08 Å². The van der Waals surface area contributed by atoms with Gasteiger partial charge in [0.05, 0.1) is 18.8 Å². The minimum atomic E-state index is -0.864. The monoisotopic (exact) mass is 1140 g/mol. The predicted molar refractivity (Wildman–Crippen MR) is 372 cm³/mol. The zero-order valence-electron chi connectivity index (χ0n) is 54.4. The molecule has 0 aliphatic carbocycles. The van der Waals surface area contributed by atoms with Gasteiger partial charge in [0, 0.05) is 6.42 Å². The molecule has 0 spiro atoms. The average Bonchev–Trinajstić information content (AvgIpc) is 3.51. The predicted octanol–water partition coefficient (Wildman–Crippen LogP) is 24.4. The zero-order valence-corrected chi connectivity index (χ0v) is 54.4. The standard InChI is InChI=1S/C79H133NO3/c1-3-5-7-9-11-13-15-17-19-21-23-25-27-29-31-33-35-36-37-38-39-40-41-42-43-44-45-47-49-51-53-55-57-59-61-63-65-67-69-71-73-75-79(83)80-77(76-81)78(82)74-72-70-68-66-64-62-60-58-56-54-52-50-48-46-34-32-30-28-26-24-22-20-18-16-14-12-10-8-6-4-2/h5,7,11,13,17,19,23,25,29,31,35-36,38-39,41-42,44-45,49,51,55,57,61,63,72,74,77-78,81-82H,3-4,6,8-10,12,14-16,18,20-22,24,26-28,30,32-34,37,40,43,46-48,50,52-54,56,58-60,62,64-71,73,75-76H2,1-2H3,(H,80,83)/b7-5-,13-11-,19-17-,25-23-,31-29-,36-35-,39-38-,42-41-,45-44-,51-49-,57-55-,63-61-,74-72+. The highest BCUT2D eigenvalue weighted by molar-refractivity contribution is 5.76.